The number of hydrogen-bond donors (Lipinski definition) is 1. The Morgan fingerprint density at radius 1 is 1.31 bits per heavy atom. The molecular weight excluding hydrogens is 200 g/mol. The molecule has 0 bridgehead atoms. The monoisotopic (exact) mass is 220 g/mol. The van der Waals surface area contributed by atoms with Crippen molar-refractivity contribution in [2.24, 2.45) is 0 Å². The number of carbonyl (C=O) groups is 1. The minimum atomic E-state index is -0.946. The largest absolute Gasteiger partial charge is 0.381 e. The van der Waals surface area contributed by atoms with Gasteiger partial charge < -0.3 is 5.11 Å². The molecule has 0 saturated carbocycles. The van der Waals surface area contributed by atoms with Crippen LogP contribution in [0.4, 0.5) is 0 Å². The predicted molar refractivity (Wildman–Crippen MR) is 65.3 cm³/mol. The van der Waals surface area contributed by atoms with Crippen molar-refractivity contribution in [3.8, 4) is 0 Å². The van der Waals surface area contributed by atoms with Crippen LogP contribution >= 0.6 is 0 Å². The standard InChI is InChI=1S/C14H20O2/c1-3-4-5-10-13(15)14(16)12-9-7-6-8-11(12)2/h6-9,14,16H,3-5,10H2,1-2H3. The minimum absolute atomic E-state index is 0.0669. The van der Waals surface area contributed by atoms with Crippen molar-refractivity contribution in [1.82, 2.24) is 0 Å². The van der Waals surface area contributed by atoms with E-state index in [0.717, 1.165) is 30.4 Å². The van der Waals surface area contributed by atoms with Gasteiger partial charge in [0, 0.05) is 6.42 Å². The lowest BCUT2D eigenvalue weighted by atomic mass is 9.98. The van der Waals surface area contributed by atoms with E-state index in [1.54, 1.807) is 0 Å². The Labute approximate surface area is 97.3 Å². The zero-order valence-corrected chi connectivity index (χ0v) is 10.1. The summed E-state index contributed by atoms with van der Waals surface area (Å²) in [6, 6.07) is 7.49. The molecule has 2 heteroatoms. The number of Topliss-reactive ketones (excluding diaryl/α,β-unsaturated/α-hetero) is 1. The summed E-state index contributed by atoms with van der Waals surface area (Å²) in [4.78, 5) is 11.7. The summed E-state index contributed by atoms with van der Waals surface area (Å²) in [6.45, 7) is 4.01. The highest BCUT2D eigenvalue weighted by Crippen LogP contribution is 2.20. The SMILES string of the molecule is CCCCCC(=O)C(O)c1ccccc1C. The Bertz CT molecular complexity index is 344. The first-order valence-corrected chi connectivity index (χ1v) is 5.93. The van der Waals surface area contributed by atoms with Crippen molar-refractivity contribution >= 4 is 5.78 Å². The van der Waals surface area contributed by atoms with Crippen LogP contribution in [0.3, 0.4) is 0 Å². The zero-order valence-electron chi connectivity index (χ0n) is 10.1. The van der Waals surface area contributed by atoms with Crippen LogP contribution in [-0.2, 0) is 4.79 Å². The Hall–Kier alpha value is -1.15. The number of ketones is 1. The van der Waals surface area contributed by atoms with E-state index >= 15 is 0 Å². The summed E-state index contributed by atoms with van der Waals surface area (Å²) in [5, 5.41) is 9.92. The molecular formula is C14H20O2. The van der Waals surface area contributed by atoms with Crippen molar-refractivity contribution in [2.45, 2.75) is 45.6 Å². The van der Waals surface area contributed by atoms with Crippen LogP contribution in [-0.4, -0.2) is 10.9 Å². The molecule has 0 aliphatic rings. The van der Waals surface area contributed by atoms with Gasteiger partial charge >= 0.3 is 0 Å². The molecule has 1 aromatic rings. The van der Waals surface area contributed by atoms with Gasteiger partial charge in [0.05, 0.1) is 0 Å². The van der Waals surface area contributed by atoms with Crippen molar-refractivity contribution < 1.29 is 9.90 Å². The summed E-state index contributed by atoms with van der Waals surface area (Å²) < 4.78 is 0. The van der Waals surface area contributed by atoms with Gasteiger partial charge in [-0.3, -0.25) is 4.79 Å². The van der Waals surface area contributed by atoms with Crippen molar-refractivity contribution in [1.29, 1.82) is 0 Å². The van der Waals surface area contributed by atoms with Gasteiger partial charge in [-0.05, 0) is 24.5 Å². The first-order valence-electron chi connectivity index (χ1n) is 5.93. The first kappa shape index (κ1) is 12.9. The summed E-state index contributed by atoms with van der Waals surface area (Å²) in [7, 11) is 0. The summed E-state index contributed by atoms with van der Waals surface area (Å²) >= 11 is 0. The lowest BCUT2D eigenvalue weighted by Gasteiger charge is -2.12. The molecule has 1 rings (SSSR count). The highest BCUT2D eigenvalue weighted by molar-refractivity contribution is 5.84. The van der Waals surface area contributed by atoms with Crippen LogP contribution in [0.5, 0.6) is 0 Å². The molecule has 0 fully saturated rings. The lowest BCUT2D eigenvalue weighted by Crippen LogP contribution is -2.12. The zero-order chi connectivity index (χ0) is 12.0. The van der Waals surface area contributed by atoms with Crippen LogP contribution in [0.2, 0.25) is 0 Å². The number of rotatable bonds is 6. The van der Waals surface area contributed by atoms with Crippen LogP contribution in [0, 0.1) is 6.92 Å². The van der Waals surface area contributed by atoms with E-state index in [9.17, 15) is 9.90 Å². The van der Waals surface area contributed by atoms with E-state index in [-0.39, 0.29) is 5.78 Å². The average molecular weight is 220 g/mol. The molecule has 1 N–H and O–H groups in total. The van der Waals surface area contributed by atoms with Gasteiger partial charge in [0.25, 0.3) is 0 Å². The van der Waals surface area contributed by atoms with E-state index in [1.807, 2.05) is 31.2 Å². The highest BCUT2D eigenvalue weighted by Gasteiger charge is 2.17. The number of benzene rings is 1. The van der Waals surface area contributed by atoms with Gasteiger partial charge in [-0.15, -0.1) is 0 Å². The van der Waals surface area contributed by atoms with Crippen molar-refractivity contribution in [3.63, 3.8) is 0 Å². The maximum Gasteiger partial charge on any atom is 0.165 e. The first-order chi connectivity index (χ1) is 7.66. The van der Waals surface area contributed by atoms with Gasteiger partial charge in [-0.25, -0.2) is 0 Å². The van der Waals surface area contributed by atoms with Crippen LogP contribution in [0.15, 0.2) is 24.3 Å². The van der Waals surface area contributed by atoms with E-state index in [1.165, 1.54) is 0 Å². The molecule has 0 aliphatic heterocycles. The number of hydrogen-bond acceptors (Lipinski definition) is 2. The maximum atomic E-state index is 11.7. The second-order valence-electron chi connectivity index (χ2n) is 4.18. The molecule has 0 amide bonds. The van der Waals surface area contributed by atoms with Crippen molar-refractivity contribution in [2.75, 3.05) is 0 Å². The second kappa shape index (κ2) is 6.44. The fourth-order valence-corrected chi connectivity index (χ4v) is 1.75. The molecule has 0 radical (unpaired) electrons. The number of unbranched alkanes of at least 4 members (excludes halogenated alkanes) is 2. The van der Waals surface area contributed by atoms with Crippen LogP contribution < -0.4 is 0 Å². The number of aliphatic hydroxyl groups excluding tert-OH is 1. The Morgan fingerprint density at radius 3 is 2.62 bits per heavy atom. The normalized spacial score (nSPS) is 12.4. The predicted octanol–water partition coefficient (Wildman–Crippen LogP) is 3.18. The number of aliphatic hydroxyl groups is 1. The molecule has 16 heavy (non-hydrogen) atoms. The van der Waals surface area contributed by atoms with E-state index < -0.39 is 6.10 Å². The molecule has 0 saturated heterocycles. The maximum absolute atomic E-state index is 11.7. The third-order valence-corrected chi connectivity index (χ3v) is 2.81. The van der Waals surface area contributed by atoms with Gasteiger partial charge in [0.1, 0.15) is 6.10 Å². The molecule has 0 heterocycles. The molecule has 0 spiro atoms. The fourth-order valence-electron chi connectivity index (χ4n) is 1.75. The third-order valence-electron chi connectivity index (χ3n) is 2.81. The van der Waals surface area contributed by atoms with Gasteiger partial charge in [-0.2, -0.15) is 0 Å². The summed E-state index contributed by atoms with van der Waals surface area (Å²) in [5.74, 6) is -0.0669. The van der Waals surface area contributed by atoms with Gasteiger partial charge in [-0.1, -0.05) is 44.0 Å². The molecule has 2 nitrogen and oxygen atoms in total. The Balaban J connectivity index is 2.60. The molecule has 1 atom stereocenters. The Kier molecular flexibility index (Phi) is 5.20. The molecule has 0 aliphatic carbocycles. The van der Waals surface area contributed by atoms with E-state index in [4.69, 9.17) is 0 Å². The van der Waals surface area contributed by atoms with E-state index in [0.29, 0.717) is 6.42 Å². The quantitative estimate of drug-likeness (QED) is 0.748. The lowest BCUT2D eigenvalue weighted by molar-refractivity contribution is -0.127. The van der Waals surface area contributed by atoms with Crippen LogP contribution in [0.25, 0.3) is 0 Å². The molecule has 88 valence electrons. The van der Waals surface area contributed by atoms with Crippen LogP contribution in [0.1, 0.15) is 49.8 Å². The van der Waals surface area contributed by atoms with E-state index in [2.05, 4.69) is 6.92 Å². The summed E-state index contributed by atoms with van der Waals surface area (Å²) in [5.41, 5.74) is 1.71. The van der Waals surface area contributed by atoms with Crippen molar-refractivity contribution in [3.05, 3.63) is 35.4 Å². The van der Waals surface area contributed by atoms with Gasteiger partial charge in [0.2, 0.25) is 0 Å². The third kappa shape index (κ3) is 3.46. The Morgan fingerprint density at radius 2 is 2.00 bits per heavy atom. The molecule has 1 aromatic carbocycles. The molecule has 0 aromatic heterocycles. The highest BCUT2D eigenvalue weighted by atomic mass is 16.3. The smallest absolute Gasteiger partial charge is 0.165 e. The number of carbonyl (C=O) groups excluding carboxylic acids is 1. The second-order valence-corrected chi connectivity index (χ2v) is 4.18. The van der Waals surface area contributed by atoms with Gasteiger partial charge in [0.15, 0.2) is 5.78 Å². The minimum Gasteiger partial charge on any atom is -0.381 e. The molecule has 1 unspecified atom stereocenters. The average Bonchev–Trinajstić information content (AvgIpc) is 2.29. The number of aryl methyl sites for hydroxylation is 1. The fraction of sp³-hybridized carbons (Fsp3) is 0.500. The summed E-state index contributed by atoms with van der Waals surface area (Å²) in [6.07, 6.45) is 2.54. The topological polar surface area (TPSA) is 37.3 Å².